The van der Waals surface area contributed by atoms with Crippen LogP contribution >= 0.6 is 0 Å². The summed E-state index contributed by atoms with van der Waals surface area (Å²) in [5, 5.41) is 3.08. The molecule has 6 heteroatoms. The van der Waals surface area contributed by atoms with Crippen molar-refractivity contribution in [1.82, 2.24) is 10.3 Å². The summed E-state index contributed by atoms with van der Waals surface area (Å²) in [5.74, 6) is -1.69. The van der Waals surface area contributed by atoms with Crippen molar-refractivity contribution in [2.24, 2.45) is 0 Å². The van der Waals surface area contributed by atoms with Gasteiger partial charge < -0.3 is 14.8 Å². The predicted molar refractivity (Wildman–Crippen MR) is 97.8 cm³/mol. The Morgan fingerprint density at radius 2 is 1.65 bits per heavy atom. The lowest BCUT2D eigenvalue weighted by atomic mass is 9.81. The maximum absolute atomic E-state index is 12.7. The van der Waals surface area contributed by atoms with Crippen LogP contribution in [0.3, 0.4) is 0 Å². The first-order valence-electron chi connectivity index (χ1n) is 8.15. The fourth-order valence-electron chi connectivity index (χ4n) is 2.84. The van der Waals surface area contributed by atoms with Gasteiger partial charge in [0.05, 0.1) is 17.1 Å². The van der Waals surface area contributed by atoms with Gasteiger partial charge in [0.2, 0.25) is 0 Å². The highest BCUT2D eigenvalue weighted by atomic mass is 16.5. The average molecular weight is 354 g/mol. The smallest absolute Gasteiger partial charge is 0.337 e. The van der Waals surface area contributed by atoms with E-state index in [-0.39, 0.29) is 13.2 Å². The van der Waals surface area contributed by atoms with Gasteiger partial charge in [-0.2, -0.15) is 0 Å². The lowest BCUT2D eigenvalue weighted by Crippen LogP contribution is -2.32. The van der Waals surface area contributed by atoms with E-state index in [1.54, 1.807) is 32.3 Å². The van der Waals surface area contributed by atoms with E-state index in [1.807, 2.05) is 6.07 Å². The third kappa shape index (κ3) is 4.08. The lowest BCUT2D eigenvalue weighted by molar-refractivity contribution is -0.138. The number of pyridine rings is 1. The van der Waals surface area contributed by atoms with Crippen LogP contribution in [0.1, 0.15) is 25.3 Å². The Balaban J connectivity index is 2.54. The molecule has 0 atom stereocenters. The predicted octanol–water partition coefficient (Wildman–Crippen LogP) is 2.77. The second kappa shape index (κ2) is 8.80. The van der Waals surface area contributed by atoms with E-state index >= 15 is 0 Å². The van der Waals surface area contributed by atoms with Crippen molar-refractivity contribution in [3.63, 3.8) is 0 Å². The first kappa shape index (κ1) is 19.2. The van der Waals surface area contributed by atoms with E-state index in [0.29, 0.717) is 28.1 Å². The normalized spacial score (nSPS) is 14.5. The average Bonchev–Trinajstić information content (AvgIpc) is 2.64. The molecule has 0 saturated carbocycles. The number of carbonyl (C=O) groups is 2. The standard InChI is InChI=1S/C20H22N2O4/c1-5-10-25-19(23)16-13(3)22-14(4)17(20(24)26-11-6-2)18(16)15-8-7-9-21-12-15/h5-9,12,18,22H,1-2,10-11H2,3-4H3. The molecule has 0 saturated heterocycles. The monoisotopic (exact) mass is 354 g/mol. The fraction of sp³-hybridized carbons (Fsp3) is 0.250. The van der Waals surface area contributed by atoms with Crippen molar-refractivity contribution in [2.75, 3.05) is 13.2 Å². The molecule has 0 radical (unpaired) electrons. The molecule has 0 spiro atoms. The first-order valence-corrected chi connectivity index (χ1v) is 8.15. The number of ether oxygens (including phenoxy) is 2. The van der Waals surface area contributed by atoms with Gasteiger partial charge in [0, 0.05) is 23.8 Å². The van der Waals surface area contributed by atoms with Crippen LogP contribution in [0.25, 0.3) is 0 Å². The summed E-state index contributed by atoms with van der Waals surface area (Å²) in [6.07, 6.45) is 6.23. The minimum Gasteiger partial charge on any atom is -0.458 e. The Kier molecular flexibility index (Phi) is 6.49. The highest BCUT2D eigenvalue weighted by Crippen LogP contribution is 2.38. The van der Waals surface area contributed by atoms with Crippen molar-refractivity contribution in [3.8, 4) is 0 Å². The van der Waals surface area contributed by atoms with Crippen molar-refractivity contribution >= 4 is 11.9 Å². The summed E-state index contributed by atoms with van der Waals surface area (Å²) >= 11 is 0. The molecule has 0 aromatic carbocycles. The van der Waals surface area contributed by atoms with Crippen LogP contribution in [-0.4, -0.2) is 30.1 Å². The molecule has 0 fully saturated rings. The van der Waals surface area contributed by atoms with Crippen LogP contribution in [0.2, 0.25) is 0 Å². The van der Waals surface area contributed by atoms with Gasteiger partial charge in [-0.3, -0.25) is 4.98 Å². The van der Waals surface area contributed by atoms with E-state index < -0.39 is 17.9 Å². The van der Waals surface area contributed by atoms with Gasteiger partial charge >= 0.3 is 11.9 Å². The Hall–Kier alpha value is -3.15. The number of nitrogens with one attached hydrogen (secondary N) is 1. The molecule has 6 nitrogen and oxygen atoms in total. The lowest BCUT2D eigenvalue weighted by Gasteiger charge is -2.30. The largest absolute Gasteiger partial charge is 0.458 e. The summed E-state index contributed by atoms with van der Waals surface area (Å²) < 4.78 is 10.5. The van der Waals surface area contributed by atoms with Crippen molar-refractivity contribution in [2.45, 2.75) is 19.8 Å². The zero-order chi connectivity index (χ0) is 19.1. The van der Waals surface area contributed by atoms with Gasteiger partial charge in [-0.05, 0) is 25.5 Å². The number of dihydropyridines is 1. The quantitative estimate of drug-likeness (QED) is 0.599. The molecule has 0 bridgehead atoms. The molecule has 1 N–H and O–H groups in total. The molecule has 0 unspecified atom stereocenters. The van der Waals surface area contributed by atoms with Crippen LogP contribution in [0.15, 0.2) is 72.4 Å². The Labute approximate surface area is 152 Å². The number of allylic oxidation sites excluding steroid dienone is 2. The molecular formula is C20H22N2O4. The van der Waals surface area contributed by atoms with Gasteiger partial charge in [0.15, 0.2) is 0 Å². The van der Waals surface area contributed by atoms with E-state index in [1.165, 1.54) is 12.2 Å². The van der Waals surface area contributed by atoms with E-state index in [0.717, 1.165) is 0 Å². The third-order valence-corrected chi connectivity index (χ3v) is 3.88. The molecule has 1 aliphatic heterocycles. The first-order chi connectivity index (χ1) is 12.5. The number of hydrogen-bond donors (Lipinski definition) is 1. The number of esters is 2. The van der Waals surface area contributed by atoms with Crippen molar-refractivity contribution in [3.05, 3.63) is 77.9 Å². The third-order valence-electron chi connectivity index (χ3n) is 3.88. The molecule has 1 aliphatic rings. The summed E-state index contributed by atoms with van der Waals surface area (Å²) in [6, 6.07) is 3.56. The van der Waals surface area contributed by atoms with Gasteiger partial charge in [-0.1, -0.05) is 31.4 Å². The van der Waals surface area contributed by atoms with Gasteiger partial charge in [0.25, 0.3) is 0 Å². The maximum Gasteiger partial charge on any atom is 0.337 e. The molecule has 1 aromatic rings. The minimum atomic E-state index is -0.639. The number of rotatable bonds is 7. The van der Waals surface area contributed by atoms with Crippen LogP contribution < -0.4 is 5.32 Å². The van der Waals surface area contributed by atoms with Crippen LogP contribution in [0.4, 0.5) is 0 Å². The SMILES string of the molecule is C=CCOC(=O)C1=C(C)NC(C)=C(C(=O)OCC=C)C1c1cccnc1. The molecule has 1 aromatic heterocycles. The summed E-state index contributed by atoms with van der Waals surface area (Å²) in [4.78, 5) is 29.4. The fourth-order valence-corrected chi connectivity index (χ4v) is 2.84. The van der Waals surface area contributed by atoms with Crippen molar-refractivity contribution < 1.29 is 19.1 Å². The van der Waals surface area contributed by atoms with Crippen LogP contribution in [0.5, 0.6) is 0 Å². The molecule has 136 valence electrons. The topological polar surface area (TPSA) is 77.5 Å². The number of aromatic nitrogens is 1. The zero-order valence-corrected chi connectivity index (χ0v) is 15.0. The molecule has 0 amide bonds. The molecule has 2 rings (SSSR count). The van der Waals surface area contributed by atoms with Crippen molar-refractivity contribution in [1.29, 1.82) is 0 Å². The highest BCUT2D eigenvalue weighted by molar-refractivity contribution is 5.99. The summed E-state index contributed by atoms with van der Waals surface area (Å²) in [7, 11) is 0. The number of nitrogens with zero attached hydrogens (tertiary/aromatic N) is 1. The minimum absolute atomic E-state index is 0.0777. The Morgan fingerprint density at radius 1 is 1.12 bits per heavy atom. The Bertz CT molecular complexity index is 732. The molecule has 2 heterocycles. The van der Waals surface area contributed by atoms with E-state index in [4.69, 9.17) is 9.47 Å². The van der Waals surface area contributed by atoms with E-state index in [9.17, 15) is 9.59 Å². The maximum atomic E-state index is 12.7. The van der Waals surface area contributed by atoms with Crippen LogP contribution in [0, 0.1) is 0 Å². The zero-order valence-electron chi connectivity index (χ0n) is 15.0. The molecule has 26 heavy (non-hydrogen) atoms. The summed E-state index contributed by atoms with van der Waals surface area (Å²) in [5.41, 5.74) is 2.62. The van der Waals surface area contributed by atoms with Gasteiger partial charge in [-0.15, -0.1) is 0 Å². The summed E-state index contributed by atoms with van der Waals surface area (Å²) in [6.45, 7) is 10.8. The second-order valence-corrected chi connectivity index (χ2v) is 5.70. The Morgan fingerprint density at radius 3 is 2.08 bits per heavy atom. The van der Waals surface area contributed by atoms with Crippen LogP contribution in [-0.2, 0) is 19.1 Å². The molecule has 0 aliphatic carbocycles. The van der Waals surface area contributed by atoms with Gasteiger partial charge in [0.1, 0.15) is 13.2 Å². The van der Waals surface area contributed by atoms with Gasteiger partial charge in [-0.25, -0.2) is 9.59 Å². The highest BCUT2D eigenvalue weighted by Gasteiger charge is 2.37. The second-order valence-electron chi connectivity index (χ2n) is 5.70. The number of hydrogen-bond acceptors (Lipinski definition) is 6. The number of carbonyl (C=O) groups excluding carboxylic acids is 2. The van der Waals surface area contributed by atoms with E-state index in [2.05, 4.69) is 23.5 Å². The molecular weight excluding hydrogens is 332 g/mol.